The number of aliphatic hydroxyl groups is 1. The van der Waals surface area contributed by atoms with Gasteiger partial charge in [0.25, 0.3) is 0 Å². The van der Waals surface area contributed by atoms with Gasteiger partial charge in [-0.2, -0.15) is 0 Å². The minimum atomic E-state index is 0.316. The van der Waals surface area contributed by atoms with Gasteiger partial charge in [-0.1, -0.05) is 65.2 Å². The maximum atomic E-state index is 8.97. The van der Waals surface area contributed by atoms with Crippen LogP contribution >= 0.6 is 0 Å². The topological polar surface area (TPSA) is 20.2 Å². The third-order valence-corrected chi connectivity index (χ3v) is 5.96. The first-order chi connectivity index (χ1) is 14.7. The Morgan fingerprint density at radius 3 is 1.26 bits per heavy atom. The zero-order chi connectivity index (χ0) is 23.5. The highest BCUT2D eigenvalue weighted by Gasteiger charge is 1.99. The zero-order valence-corrected chi connectivity index (χ0v) is 21.9. The first kappa shape index (κ1) is 29.7. The fourth-order valence-electron chi connectivity index (χ4n) is 3.61. The predicted molar refractivity (Wildman–Crippen MR) is 141 cm³/mol. The lowest BCUT2D eigenvalue weighted by molar-refractivity contribution is 0.259. The van der Waals surface area contributed by atoms with Crippen LogP contribution in [0.25, 0.3) is 0 Å². The lowest BCUT2D eigenvalue weighted by Gasteiger charge is -2.07. The Kier molecular flexibility index (Phi) is 18.5. The van der Waals surface area contributed by atoms with Crippen LogP contribution in [0, 0.1) is 5.92 Å². The van der Waals surface area contributed by atoms with E-state index in [1.54, 1.807) is 0 Å². The Morgan fingerprint density at radius 1 is 0.548 bits per heavy atom. The molecule has 0 saturated carbocycles. The number of hydrogen-bond acceptors (Lipinski definition) is 1. The molecular formula is C30H52O. The maximum Gasteiger partial charge on any atom is 0.0433 e. The summed E-state index contributed by atoms with van der Waals surface area (Å²) < 4.78 is 0. The maximum absolute atomic E-state index is 8.97. The molecule has 0 aromatic carbocycles. The van der Waals surface area contributed by atoms with Crippen molar-refractivity contribution in [3.05, 3.63) is 58.2 Å². The number of hydrogen-bond donors (Lipinski definition) is 1. The molecular weight excluding hydrogens is 376 g/mol. The van der Waals surface area contributed by atoms with Gasteiger partial charge in [-0.25, -0.2) is 0 Å². The molecule has 0 amide bonds. The molecule has 0 saturated heterocycles. The molecule has 1 atom stereocenters. The van der Waals surface area contributed by atoms with Crippen molar-refractivity contribution in [1.82, 2.24) is 0 Å². The van der Waals surface area contributed by atoms with Crippen LogP contribution in [0.15, 0.2) is 58.2 Å². The van der Waals surface area contributed by atoms with Crippen LogP contribution in [0.5, 0.6) is 0 Å². The van der Waals surface area contributed by atoms with E-state index in [9.17, 15) is 0 Å². The van der Waals surface area contributed by atoms with Crippen molar-refractivity contribution in [1.29, 1.82) is 0 Å². The van der Waals surface area contributed by atoms with Crippen molar-refractivity contribution in [2.24, 2.45) is 5.92 Å². The van der Waals surface area contributed by atoms with Crippen molar-refractivity contribution < 1.29 is 5.11 Å². The Balaban J connectivity index is 4.05. The summed E-state index contributed by atoms with van der Waals surface area (Å²) in [6, 6.07) is 0. The molecule has 1 N–H and O–H groups in total. The fourth-order valence-corrected chi connectivity index (χ4v) is 3.61. The van der Waals surface area contributed by atoms with Crippen molar-refractivity contribution in [3.8, 4) is 0 Å². The van der Waals surface area contributed by atoms with Gasteiger partial charge in [0, 0.05) is 6.61 Å². The monoisotopic (exact) mass is 428 g/mol. The van der Waals surface area contributed by atoms with Gasteiger partial charge < -0.3 is 5.11 Å². The average Bonchev–Trinajstić information content (AvgIpc) is 2.68. The molecule has 0 heterocycles. The summed E-state index contributed by atoms with van der Waals surface area (Å²) in [4.78, 5) is 0. The molecule has 0 aromatic rings. The Bertz CT molecular complexity index is 608. The normalized spacial score (nSPS) is 14.7. The van der Waals surface area contributed by atoms with Gasteiger partial charge in [0.1, 0.15) is 0 Å². The van der Waals surface area contributed by atoms with E-state index in [4.69, 9.17) is 5.11 Å². The van der Waals surface area contributed by atoms with Crippen molar-refractivity contribution in [2.75, 3.05) is 6.61 Å². The highest BCUT2D eigenvalue weighted by molar-refractivity contribution is 5.08. The van der Waals surface area contributed by atoms with E-state index in [1.165, 1.54) is 72.8 Å². The van der Waals surface area contributed by atoms with E-state index in [1.807, 2.05) is 0 Å². The molecule has 0 spiro atoms. The summed E-state index contributed by atoms with van der Waals surface area (Å²) in [5.74, 6) is 0.625. The smallest absolute Gasteiger partial charge is 0.0433 e. The Morgan fingerprint density at radius 2 is 0.903 bits per heavy atom. The Labute approximate surface area is 195 Å². The van der Waals surface area contributed by atoms with Gasteiger partial charge in [-0.15, -0.1) is 0 Å². The van der Waals surface area contributed by atoms with Crippen molar-refractivity contribution in [2.45, 2.75) is 119 Å². The van der Waals surface area contributed by atoms with Gasteiger partial charge in [0.2, 0.25) is 0 Å². The van der Waals surface area contributed by atoms with Crippen LogP contribution < -0.4 is 0 Å². The van der Waals surface area contributed by atoms with Gasteiger partial charge in [0.15, 0.2) is 0 Å². The van der Waals surface area contributed by atoms with Crippen LogP contribution in [-0.4, -0.2) is 11.7 Å². The second-order valence-corrected chi connectivity index (χ2v) is 9.83. The van der Waals surface area contributed by atoms with E-state index in [0.29, 0.717) is 12.5 Å². The molecule has 1 unspecified atom stereocenters. The lowest BCUT2D eigenvalue weighted by atomic mass is 10.0. The van der Waals surface area contributed by atoms with Crippen LogP contribution in [0.1, 0.15) is 119 Å². The van der Waals surface area contributed by atoms with Gasteiger partial charge in [-0.05, 0) is 118 Å². The number of rotatable bonds is 17. The fraction of sp³-hybridized carbons (Fsp3) is 0.667. The van der Waals surface area contributed by atoms with Gasteiger partial charge >= 0.3 is 0 Å². The first-order valence-electron chi connectivity index (χ1n) is 12.6. The molecule has 0 bridgehead atoms. The summed E-state index contributed by atoms with van der Waals surface area (Å²) in [6.07, 6.45) is 24.6. The summed E-state index contributed by atoms with van der Waals surface area (Å²) in [6.45, 7) is 16.0. The first-order valence-corrected chi connectivity index (χ1v) is 12.6. The molecule has 0 fully saturated rings. The number of aliphatic hydroxyl groups excluding tert-OH is 1. The van der Waals surface area contributed by atoms with Gasteiger partial charge in [0.05, 0.1) is 0 Å². The molecule has 178 valence electrons. The quantitative estimate of drug-likeness (QED) is 0.229. The molecule has 0 radical (unpaired) electrons. The van der Waals surface area contributed by atoms with Crippen LogP contribution in [0.4, 0.5) is 0 Å². The second kappa shape index (κ2) is 19.4. The minimum Gasteiger partial charge on any atom is -0.396 e. The van der Waals surface area contributed by atoms with E-state index in [2.05, 4.69) is 78.8 Å². The number of allylic oxidation sites excluding steroid dienone is 10. The molecule has 1 nitrogen and oxygen atoms in total. The predicted octanol–water partition coefficient (Wildman–Crippen LogP) is 9.66. The summed E-state index contributed by atoms with van der Waals surface area (Å²) in [5, 5.41) is 8.97. The zero-order valence-electron chi connectivity index (χ0n) is 21.9. The standard InChI is InChI=1S/C30H52O/c1-25(2)13-8-14-26(3)15-9-16-27(4)17-10-18-28(5)19-11-20-29(6)21-12-22-30(7)23-24-31/h13,15,17,19,21,30-31H,8-12,14,16,18,20,22-24H2,1-7H3/b26-15+,27-17+,28-19+,29-21+. The second-order valence-electron chi connectivity index (χ2n) is 9.83. The largest absolute Gasteiger partial charge is 0.396 e. The SMILES string of the molecule is CC(C)=CCC/C(C)=C/CC/C(C)=C/CC/C(C)=C/CC/C(C)=C/CCC(C)CCO. The third kappa shape index (κ3) is 20.3. The summed E-state index contributed by atoms with van der Waals surface area (Å²) >= 11 is 0. The van der Waals surface area contributed by atoms with Crippen LogP contribution in [-0.2, 0) is 0 Å². The summed E-state index contributed by atoms with van der Waals surface area (Å²) in [5.41, 5.74) is 7.48. The molecule has 0 aromatic heterocycles. The molecule has 0 rings (SSSR count). The van der Waals surface area contributed by atoms with Crippen molar-refractivity contribution >= 4 is 0 Å². The molecule has 0 aliphatic rings. The van der Waals surface area contributed by atoms with Gasteiger partial charge in [-0.3, -0.25) is 0 Å². The summed E-state index contributed by atoms with van der Waals surface area (Å²) in [7, 11) is 0. The van der Waals surface area contributed by atoms with Crippen LogP contribution in [0.2, 0.25) is 0 Å². The van der Waals surface area contributed by atoms with E-state index in [-0.39, 0.29) is 0 Å². The van der Waals surface area contributed by atoms with E-state index in [0.717, 1.165) is 25.7 Å². The van der Waals surface area contributed by atoms with E-state index < -0.39 is 0 Å². The highest BCUT2D eigenvalue weighted by atomic mass is 16.3. The molecule has 0 aliphatic carbocycles. The Hall–Kier alpha value is -1.34. The molecule has 1 heteroatoms. The lowest BCUT2D eigenvalue weighted by Crippen LogP contribution is -1.97. The van der Waals surface area contributed by atoms with Crippen LogP contribution in [0.3, 0.4) is 0 Å². The molecule has 31 heavy (non-hydrogen) atoms. The highest BCUT2D eigenvalue weighted by Crippen LogP contribution is 2.16. The third-order valence-electron chi connectivity index (χ3n) is 5.96. The molecule has 0 aliphatic heterocycles. The van der Waals surface area contributed by atoms with Crippen molar-refractivity contribution in [3.63, 3.8) is 0 Å². The van der Waals surface area contributed by atoms with E-state index >= 15 is 0 Å². The average molecular weight is 429 g/mol. The minimum absolute atomic E-state index is 0.316.